The highest BCUT2D eigenvalue weighted by Gasteiger charge is 2.17. The Morgan fingerprint density at radius 1 is 1.15 bits per heavy atom. The van der Waals surface area contributed by atoms with E-state index in [1.54, 1.807) is 44.4 Å². The van der Waals surface area contributed by atoms with Crippen molar-refractivity contribution in [3.8, 4) is 5.75 Å². The Bertz CT molecular complexity index is 999. The number of carbonyl (C=O) groups is 2. The van der Waals surface area contributed by atoms with Crippen LogP contribution in [0.25, 0.3) is 10.9 Å². The number of nitrogens with one attached hydrogen (secondary N) is 1. The molecule has 0 atom stereocenters. The normalized spacial score (nSPS) is 10.4. The lowest BCUT2D eigenvalue weighted by molar-refractivity contribution is 0.0526. The van der Waals surface area contributed by atoms with Crippen LogP contribution in [-0.4, -0.2) is 35.7 Å². The molecular formula is C20H18N2O5. The Morgan fingerprint density at radius 2 is 1.89 bits per heavy atom. The van der Waals surface area contributed by atoms with Crippen molar-refractivity contribution in [2.24, 2.45) is 0 Å². The molecule has 0 aliphatic rings. The Morgan fingerprint density at radius 3 is 2.52 bits per heavy atom. The van der Waals surface area contributed by atoms with Gasteiger partial charge in [-0.05, 0) is 49.4 Å². The van der Waals surface area contributed by atoms with Crippen LogP contribution in [0.4, 0.5) is 11.4 Å². The second-order valence-electron chi connectivity index (χ2n) is 5.66. The van der Waals surface area contributed by atoms with Crippen LogP contribution in [0, 0.1) is 0 Å². The molecule has 138 valence electrons. The third kappa shape index (κ3) is 3.82. The minimum atomic E-state index is -1.01. The van der Waals surface area contributed by atoms with Crippen molar-refractivity contribution in [1.82, 2.24) is 4.98 Å². The number of aromatic nitrogens is 1. The number of anilines is 2. The lowest BCUT2D eigenvalue weighted by Crippen LogP contribution is -2.09. The number of carbonyl (C=O) groups excluding carboxylic acids is 1. The van der Waals surface area contributed by atoms with Gasteiger partial charge in [0.15, 0.2) is 0 Å². The first-order valence-electron chi connectivity index (χ1n) is 8.27. The highest BCUT2D eigenvalue weighted by atomic mass is 16.5. The molecule has 0 saturated heterocycles. The van der Waals surface area contributed by atoms with Gasteiger partial charge in [0.1, 0.15) is 11.3 Å². The quantitative estimate of drug-likeness (QED) is 0.639. The van der Waals surface area contributed by atoms with Crippen molar-refractivity contribution in [2.45, 2.75) is 6.92 Å². The second-order valence-corrected chi connectivity index (χ2v) is 5.66. The molecule has 7 heteroatoms. The van der Waals surface area contributed by atoms with E-state index in [2.05, 4.69) is 10.3 Å². The fourth-order valence-corrected chi connectivity index (χ4v) is 2.64. The minimum absolute atomic E-state index is 0.174. The molecule has 0 aliphatic carbocycles. The van der Waals surface area contributed by atoms with Gasteiger partial charge in [0, 0.05) is 17.3 Å². The summed E-state index contributed by atoms with van der Waals surface area (Å²) >= 11 is 0. The molecule has 0 aliphatic heterocycles. The number of benzene rings is 2. The number of carboxylic acids is 1. The molecule has 1 aromatic heterocycles. The van der Waals surface area contributed by atoms with Crippen molar-refractivity contribution in [1.29, 1.82) is 0 Å². The predicted molar refractivity (Wildman–Crippen MR) is 101 cm³/mol. The molecule has 7 nitrogen and oxygen atoms in total. The standard InChI is InChI=1S/C20H18N2O5/c1-3-27-20(25)16-11-21-17-9-8-14(26-2)10-15(17)18(16)22-13-6-4-12(5-7-13)19(23)24/h4-11H,3H2,1-2H3,(H,21,22)(H,23,24). The zero-order valence-electron chi connectivity index (χ0n) is 14.9. The Hall–Kier alpha value is -3.61. The van der Waals surface area contributed by atoms with Crippen molar-refractivity contribution in [3.05, 3.63) is 59.8 Å². The van der Waals surface area contributed by atoms with E-state index < -0.39 is 11.9 Å². The summed E-state index contributed by atoms with van der Waals surface area (Å²) < 4.78 is 10.4. The van der Waals surface area contributed by atoms with Gasteiger partial charge in [-0.1, -0.05) is 0 Å². The molecule has 2 N–H and O–H groups in total. The smallest absolute Gasteiger partial charge is 0.341 e. The van der Waals surface area contributed by atoms with Gasteiger partial charge >= 0.3 is 11.9 Å². The zero-order valence-corrected chi connectivity index (χ0v) is 14.9. The van der Waals surface area contributed by atoms with Gasteiger partial charge in [0.05, 0.1) is 30.5 Å². The average Bonchev–Trinajstić information content (AvgIpc) is 2.68. The SMILES string of the molecule is CCOC(=O)c1cnc2ccc(OC)cc2c1Nc1ccc(C(=O)O)cc1. The van der Waals surface area contributed by atoms with Crippen LogP contribution in [0.1, 0.15) is 27.6 Å². The molecule has 3 aromatic rings. The van der Waals surface area contributed by atoms with E-state index in [-0.39, 0.29) is 17.7 Å². The Balaban J connectivity index is 2.12. The number of aromatic carboxylic acids is 1. The summed E-state index contributed by atoms with van der Waals surface area (Å²) in [7, 11) is 1.56. The molecule has 3 rings (SSSR count). The van der Waals surface area contributed by atoms with E-state index >= 15 is 0 Å². The summed E-state index contributed by atoms with van der Waals surface area (Å²) in [6.45, 7) is 1.97. The summed E-state index contributed by atoms with van der Waals surface area (Å²) in [5, 5.41) is 12.9. The molecule has 0 spiro atoms. The number of esters is 1. The molecule has 0 amide bonds. The summed E-state index contributed by atoms with van der Waals surface area (Å²) in [6, 6.07) is 11.6. The molecule has 2 aromatic carbocycles. The topological polar surface area (TPSA) is 97.8 Å². The monoisotopic (exact) mass is 366 g/mol. The Kier molecular flexibility index (Phi) is 5.21. The van der Waals surface area contributed by atoms with Crippen LogP contribution >= 0.6 is 0 Å². The highest BCUT2D eigenvalue weighted by Crippen LogP contribution is 2.32. The van der Waals surface area contributed by atoms with Crippen molar-refractivity contribution < 1.29 is 24.2 Å². The van der Waals surface area contributed by atoms with Crippen molar-refractivity contribution >= 4 is 34.2 Å². The molecule has 0 radical (unpaired) electrons. The average molecular weight is 366 g/mol. The van der Waals surface area contributed by atoms with E-state index in [0.717, 1.165) is 0 Å². The lowest BCUT2D eigenvalue weighted by Gasteiger charge is -2.15. The molecular weight excluding hydrogens is 348 g/mol. The van der Waals surface area contributed by atoms with Gasteiger partial charge in [-0.25, -0.2) is 9.59 Å². The molecule has 27 heavy (non-hydrogen) atoms. The van der Waals surface area contributed by atoms with E-state index in [9.17, 15) is 9.59 Å². The number of rotatable bonds is 6. The third-order valence-corrected chi connectivity index (χ3v) is 3.97. The summed E-state index contributed by atoms with van der Waals surface area (Å²) in [5.41, 5.74) is 2.27. The Labute approximate surface area is 155 Å². The summed E-state index contributed by atoms with van der Waals surface area (Å²) in [4.78, 5) is 27.7. The maximum atomic E-state index is 12.4. The number of hydrogen-bond acceptors (Lipinski definition) is 6. The van der Waals surface area contributed by atoms with Crippen molar-refractivity contribution in [2.75, 3.05) is 19.0 Å². The number of hydrogen-bond donors (Lipinski definition) is 2. The van der Waals surface area contributed by atoms with Gasteiger partial charge < -0.3 is 19.9 Å². The number of ether oxygens (including phenoxy) is 2. The van der Waals surface area contributed by atoms with E-state index in [4.69, 9.17) is 14.6 Å². The number of carboxylic acid groups (broad SMARTS) is 1. The lowest BCUT2D eigenvalue weighted by atomic mass is 10.1. The summed E-state index contributed by atoms with van der Waals surface area (Å²) in [6.07, 6.45) is 1.46. The number of fused-ring (bicyclic) bond motifs is 1. The van der Waals surface area contributed by atoms with E-state index in [1.165, 1.54) is 18.3 Å². The van der Waals surface area contributed by atoms with Gasteiger partial charge in [0.25, 0.3) is 0 Å². The van der Waals surface area contributed by atoms with Crippen LogP contribution in [0.5, 0.6) is 5.75 Å². The summed E-state index contributed by atoms with van der Waals surface area (Å²) in [5.74, 6) is -0.887. The molecule has 0 saturated carbocycles. The van der Waals surface area contributed by atoms with Crippen LogP contribution in [0.3, 0.4) is 0 Å². The predicted octanol–water partition coefficient (Wildman–Crippen LogP) is 3.86. The molecule has 0 fully saturated rings. The van der Waals surface area contributed by atoms with Crippen LogP contribution in [0.2, 0.25) is 0 Å². The first kappa shape index (κ1) is 18.2. The first-order valence-corrected chi connectivity index (χ1v) is 8.27. The number of pyridine rings is 1. The van der Waals surface area contributed by atoms with Crippen LogP contribution in [-0.2, 0) is 4.74 Å². The van der Waals surface area contributed by atoms with E-state index in [0.29, 0.717) is 28.0 Å². The fraction of sp³-hybridized carbons (Fsp3) is 0.150. The van der Waals surface area contributed by atoms with Gasteiger partial charge in [0.2, 0.25) is 0 Å². The molecule has 0 unspecified atom stereocenters. The molecule has 1 heterocycles. The van der Waals surface area contributed by atoms with Gasteiger partial charge in [-0.15, -0.1) is 0 Å². The van der Waals surface area contributed by atoms with Crippen LogP contribution in [0.15, 0.2) is 48.7 Å². The fourth-order valence-electron chi connectivity index (χ4n) is 2.64. The number of nitrogens with zero attached hydrogens (tertiary/aromatic N) is 1. The highest BCUT2D eigenvalue weighted by molar-refractivity contribution is 6.06. The number of methoxy groups -OCH3 is 1. The van der Waals surface area contributed by atoms with Gasteiger partial charge in [-0.2, -0.15) is 0 Å². The van der Waals surface area contributed by atoms with Crippen molar-refractivity contribution in [3.63, 3.8) is 0 Å². The van der Waals surface area contributed by atoms with E-state index in [1.807, 2.05) is 0 Å². The van der Waals surface area contributed by atoms with Gasteiger partial charge in [-0.3, -0.25) is 4.98 Å². The molecule has 0 bridgehead atoms. The third-order valence-electron chi connectivity index (χ3n) is 3.97. The second kappa shape index (κ2) is 7.74. The maximum absolute atomic E-state index is 12.4. The maximum Gasteiger partial charge on any atom is 0.341 e. The largest absolute Gasteiger partial charge is 0.497 e. The minimum Gasteiger partial charge on any atom is -0.497 e. The zero-order chi connectivity index (χ0) is 19.4. The van der Waals surface area contributed by atoms with Crippen LogP contribution < -0.4 is 10.1 Å². The first-order chi connectivity index (χ1) is 13.0.